The number of benzene rings is 1. The Labute approximate surface area is 97.9 Å². The van der Waals surface area contributed by atoms with Gasteiger partial charge in [-0.3, -0.25) is 14.9 Å². The van der Waals surface area contributed by atoms with E-state index in [4.69, 9.17) is 4.74 Å². The van der Waals surface area contributed by atoms with E-state index < -0.39 is 11.0 Å². The number of nitro benzene ring substituents is 1. The molecule has 90 valence electrons. The van der Waals surface area contributed by atoms with Crippen molar-refractivity contribution in [3.05, 3.63) is 39.9 Å². The van der Waals surface area contributed by atoms with Crippen molar-refractivity contribution in [1.82, 2.24) is 4.90 Å². The molecule has 6 nitrogen and oxygen atoms in total. The van der Waals surface area contributed by atoms with Crippen LogP contribution in [0.4, 0.5) is 5.69 Å². The van der Waals surface area contributed by atoms with Gasteiger partial charge in [0.25, 0.3) is 11.6 Å². The average molecular weight is 236 g/mol. The van der Waals surface area contributed by atoms with Gasteiger partial charge in [-0.15, -0.1) is 0 Å². The Morgan fingerprint density at radius 2 is 1.94 bits per heavy atom. The lowest BCUT2D eigenvalue weighted by Crippen LogP contribution is -2.26. The molecular weight excluding hydrogens is 224 g/mol. The van der Waals surface area contributed by atoms with Crippen LogP contribution in [-0.2, 0) is 9.53 Å². The number of epoxide rings is 1. The third-order valence-electron chi connectivity index (χ3n) is 2.61. The molecule has 1 saturated heterocycles. The predicted octanol–water partition coefficient (Wildman–Crippen LogP) is 1.12. The number of rotatable bonds is 3. The monoisotopic (exact) mass is 236 g/mol. The first-order chi connectivity index (χ1) is 8.00. The maximum absolute atomic E-state index is 11.6. The number of hydrogen-bond acceptors (Lipinski definition) is 4. The Balaban J connectivity index is 2.06. The van der Waals surface area contributed by atoms with E-state index in [1.54, 1.807) is 26.2 Å². The highest BCUT2D eigenvalue weighted by molar-refractivity contribution is 5.83. The lowest BCUT2D eigenvalue weighted by atomic mass is 10.1. The van der Waals surface area contributed by atoms with Gasteiger partial charge in [0.1, 0.15) is 6.10 Å². The number of nitro groups is 1. The van der Waals surface area contributed by atoms with Gasteiger partial charge in [0.05, 0.1) is 4.92 Å². The molecule has 1 aromatic rings. The van der Waals surface area contributed by atoms with Crippen LogP contribution in [0, 0.1) is 10.1 Å². The first kappa shape index (κ1) is 11.5. The molecule has 0 bridgehead atoms. The molecule has 1 fully saturated rings. The van der Waals surface area contributed by atoms with Crippen LogP contribution >= 0.6 is 0 Å². The van der Waals surface area contributed by atoms with E-state index >= 15 is 0 Å². The second-order valence-corrected chi connectivity index (χ2v) is 4.06. The Bertz CT molecular complexity index is 455. The van der Waals surface area contributed by atoms with Crippen molar-refractivity contribution in [2.75, 3.05) is 14.1 Å². The molecule has 1 heterocycles. The predicted molar refractivity (Wildman–Crippen MR) is 59.4 cm³/mol. The maximum atomic E-state index is 11.6. The summed E-state index contributed by atoms with van der Waals surface area (Å²) in [5, 5.41) is 10.5. The van der Waals surface area contributed by atoms with Crippen LogP contribution in [0.2, 0.25) is 0 Å². The van der Waals surface area contributed by atoms with Crippen LogP contribution in [0.1, 0.15) is 11.7 Å². The molecule has 0 aromatic heterocycles. The van der Waals surface area contributed by atoms with Crippen LogP contribution in [0.15, 0.2) is 24.3 Å². The molecule has 0 spiro atoms. The van der Waals surface area contributed by atoms with Crippen molar-refractivity contribution in [3.63, 3.8) is 0 Å². The van der Waals surface area contributed by atoms with Crippen LogP contribution in [0.3, 0.4) is 0 Å². The smallest absolute Gasteiger partial charge is 0.269 e. The first-order valence-electron chi connectivity index (χ1n) is 5.11. The zero-order chi connectivity index (χ0) is 12.6. The normalized spacial score (nSPS) is 22.0. The summed E-state index contributed by atoms with van der Waals surface area (Å²) in [5.74, 6) is -0.0895. The molecule has 0 N–H and O–H groups in total. The SMILES string of the molecule is CN(C)C(=O)[C@@H]1O[C@H]1c1ccc([N+](=O)[O-])cc1. The Kier molecular flexibility index (Phi) is 2.81. The maximum Gasteiger partial charge on any atom is 0.269 e. The van der Waals surface area contributed by atoms with Gasteiger partial charge < -0.3 is 9.64 Å². The van der Waals surface area contributed by atoms with Gasteiger partial charge in [0.2, 0.25) is 0 Å². The van der Waals surface area contributed by atoms with E-state index in [2.05, 4.69) is 0 Å². The molecule has 2 rings (SSSR count). The quantitative estimate of drug-likeness (QED) is 0.447. The van der Waals surface area contributed by atoms with Gasteiger partial charge in [0, 0.05) is 26.2 Å². The summed E-state index contributed by atoms with van der Waals surface area (Å²) >= 11 is 0. The standard InChI is InChI=1S/C11H12N2O4/c1-12(2)11(14)10-9(17-10)7-3-5-8(6-4-7)13(15)16/h3-6,9-10H,1-2H3/t9-,10+/m0/s1. The van der Waals surface area contributed by atoms with Gasteiger partial charge >= 0.3 is 0 Å². The van der Waals surface area contributed by atoms with E-state index in [9.17, 15) is 14.9 Å². The number of likely N-dealkylation sites (N-methyl/N-ethyl adjacent to an activating group) is 1. The minimum absolute atomic E-state index is 0.0323. The summed E-state index contributed by atoms with van der Waals surface area (Å²) in [6.45, 7) is 0. The van der Waals surface area contributed by atoms with Gasteiger partial charge in [-0.05, 0) is 17.7 Å². The number of ether oxygens (including phenoxy) is 1. The number of non-ortho nitro benzene ring substituents is 1. The molecule has 0 radical (unpaired) electrons. The molecule has 6 heteroatoms. The molecule has 1 aromatic carbocycles. The van der Waals surface area contributed by atoms with Crippen LogP contribution in [0.25, 0.3) is 0 Å². The Hall–Kier alpha value is -1.95. The molecule has 1 amide bonds. The summed E-state index contributed by atoms with van der Waals surface area (Å²) in [6.07, 6.45) is -0.725. The molecule has 1 aliphatic rings. The lowest BCUT2D eigenvalue weighted by Gasteiger charge is -2.06. The fraction of sp³-hybridized carbons (Fsp3) is 0.364. The second kappa shape index (κ2) is 4.14. The zero-order valence-electron chi connectivity index (χ0n) is 9.49. The summed E-state index contributed by atoms with van der Waals surface area (Å²) in [4.78, 5) is 23.0. The van der Waals surface area contributed by atoms with Crippen LogP contribution in [0.5, 0.6) is 0 Å². The van der Waals surface area contributed by atoms with Crippen molar-refractivity contribution in [3.8, 4) is 0 Å². The van der Waals surface area contributed by atoms with Crippen molar-refractivity contribution in [2.45, 2.75) is 12.2 Å². The molecule has 17 heavy (non-hydrogen) atoms. The van der Waals surface area contributed by atoms with Crippen LogP contribution in [-0.4, -0.2) is 35.9 Å². The number of carbonyl (C=O) groups excluding carboxylic acids is 1. The van der Waals surface area contributed by atoms with E-state index in [0.29, 0.717) is 0 Å². The first-order valence-corrected chi connectivity index (χ1v) is 5.11. The number of amides is 1. The summed E-state index contributed by atoms with van der Waals surface area (Å²) in [7, 11) is 3.33. The summed E-state index contributed by atoms with van der Waals surface area (Å²) < 4.78 is 5.27. The minimum Gasteiger partial charge on any atom is -0.354 e. The van der Waals surface area contributed by atoms with E-state index in [1.807, 2.05) is 0 Å². The van der Waals surface area contributed by atoms with E-state index in [0.717, 1.165) is 5.56 Å². The van der Waals surface area contributed by atoms with Gasteiger partial charge in [-0.1, -0.05) is 0 Å². The van der Waals surface area contributed by atoms with Gasteiger partial charge in [0.15, 0.2) is 6.10 Å². The molecular formula is C11H12N2O4. The Morgan fingerprint density at radius 3 is 2.41 bits per heavy atom. The van der Waals surface area contributed by atoms with Gasteiger partial charge in [-0.25, -0.2) is 0 Å². The van der Waals surface area contributed by atoms with Gasteiger partial charge in [-0.2, -0.15) is 0 Å². The fourth-order valence-electron chi connectivity index (χ4n) is 1.59. The van der Waals surface area contributed by atoms with E-state index in [-0.39, 0.29) is 17.7 Å². The molecule has 0 unspecified atom stereocenters. The topological polar surface area (TPSA) is 76.0 Å². The molecule has 1 aliphatic heterocycles. The third kappa shape index (κ3) is 2.26. The summed E-state index contributed by atoms with van der Waals surface area (Å²) in [6, 6.07) is 6.06. The highest BCUT2D eigenvalue weighted by atomic mass is 16.6. The Morgan fingerprint density at radius 1 is 1.35 bits per heavy atom. The molecule has 0 saturated carbocycles. The highest BCUT2D eigenvalue weighted by Crippen LogP contribution is 2.39. The van der Waals surface area contributed by atoms with E-state index in [1.165, 1.54) is 17.0 Å². The molecule has 0 aliphatic carbocycles. The van der Waals surface area contributed by atoms with Crippen molar-refractivity contribution >= 4 is 11.6 Å². The van der Waals surface area contributed by atoms with Crippen molar-refractivity contribution in [2.24, 2.45) is 0 Å². The number of carbonyl (C=O) groups is 1. The average Bonchev–Trinajstić information content (AvgIpc) is 3.08. The fourth-order valence-corrected chi connectivity index (χ4v) is 1.59. The second-order valence-electron chi connectivity index (χ2n) is 4.06. The minimum atomic E-state index is -0.458. The largest absolute Gasteiger partial charge is 0.354 e. The van der Waals surface area contributed by atoms with Crippen molar-refractivity contribution < 1.29 is 14.5 Å². The van der Waals surface area contributed by atoms with Crippen LogP contribution < -0.4 is 0 Å². The van der Waals surface area contributed by atoms with Crippen molar-refractivity contribution in [1.29, 1.82) is 0 Å². The molecule has 2 atom stereocenters. The third-order valence-corrected chi connectivity index (χ3v) is 2.61. The zero-order valence-corrected chi connectivity index (χ0v) is 9.49. The summed E-state index contributed by atoms with van der Waals surface area (Å²) in [5.41, 5.74) is 0.820. The highest BCUT2D eigenvalue weighted by Gasteiger charge is 2.46. The lowest BCUT2D eigenvalue weighted by molar-refractivity contribution is -0.384. The number of nitrogens with zero attached hydrogens (tertiary/aromatic N) is 2. The number of hydrogen-bond donors (Lipinski definition) is 0.